The fourth-order valence-electron chi connectivity index (χ4n) is 1.96. The summed E-state index contributed by atoms with van der Waals surface area (Å²) in [5, 5.41) is 2.84. The third-order valence-electron chi connectivity index (χ3n) is 3.18. The van der Waals surface area contributed by atoms with Crippen molar-refractivity contribution in [3.05, 3.63) is 65.7 Å². The molecule has 1 N–H and O–H groups in total. The van der Waals surface area contributed by atoms with Crippen molar-refractivity contribution in [2.75, 3.05) is 14.2 Å². The molecule has 0 aromatic heterocycles. The highest BCUT2D eigenvalue weighted by molar-refractivity contribution is 5.92. The summed E-state index contributed by atoms with van der Waals surface area (Å²) in [6.07, 6.45) is 3.24. The molecule has 2 aromatic carbocycles. The van der Waals surface area contributed by atoms with E-state index in [4.69, 9.17) is 9.47 Å². The Hall–Kier alpha value is -2.75. The zero-order valence-corrected chi connectivity index (χ0v) is 12.7. The summed E-state index contributed by atoms with van der Waals surface area (Å²) in [4.78, 5) is 11.8. The Bertz CT molecular complexity index is 648. The summed E-state index contributed by atoms with van der Waals surface area (Å²) < 4.78 is 10.3. The minimum Gasteiger partial charge on any atom is -0.497 e. The number of carbonyl (C=O) groups excluding carboxylic acids is 1. The SMILES string of the molecule is COc1ccc(CNC(=O)/C=C/c2ccccc2OC)cc1. The number of para-hydroxylation sites is 1. The Morgan fingerprint density at radius 2 is 1.77 bits per heavy atom. The highest BCUT2D eigenvalue weighted by Crippen LogP contribution is 2.18. The van der Waals surface area contributed by atoms with Crippen LogP contribution in [0.4, 0.5) is 0 Å². The van der Waals surface area contributed by atoms with Gasteiger partial charge in [0.1, 0.15) is 11.5 Å². The van der Waals surface area contributed by atoms with Gasteiger partial charge < -0.3 is 14.8 Å². The van der Waals surface area contributed by atoms with Crippen molar-refractivity contribution in [1.29, 1.82) is 0 Å². The molecular formula is C18H19NO3. The molecule has 0 bridgehead atoms. The average Bonchev–Trinajstić information content (AvgIpc) is 2.58. The molecule has 114 valence electrons. The van der Waals surface area contributed by atoms with E-state index < -0.39 is 0 Å². The first-order valence-electron chi connectivity index (χ1n) is 6.95. The number of ether oxygens (including phenoxy) is 2. The molecule has 4 heteroatoms. The molecule has 0 aliphatic carbocycles. The van der Waals surface area contributed by atoms with Crippen molar-refractivity contribution in [2.45, 2.75) is 6.54 Å². The van der Waals surface area contributed by atoms with Crippen LogP contribution in [0, 0.1) is 0 Å². The van der Waals surface area contributed by atoms with Gasteiger partial charge in [0, 0.05) is 18.2 Å². The number of benzene rings is 2. The molecule has 0 fully saturated rings. The number of methoxy groups -OCH3 is 2. The van der Waals surface area contributed by atoms with E-state index in [0.29, 0.717) is 6.54 Å². The lowest BCUT2D eigenvalue weighted by Gasteiger charge is -2.05. The molecule has 0 aliphatic heterocycles. The number of rotatable bonds is 6. The number of hydrogen-bond donors (Lipinski definition) is 1. The molecule has 0 spiro atoms. The molecule has 0 radical (unpaired) electrons. The fraction of sp³-hybridized carbons (Fsp3) is 0.167. The summed E-state index contributed by atoms with van der Waals surface area (Å²) in [5.74, 6) is 1.38. The summed E-state index contributed by atoms with van der Waals surface area (Å²) in [6, 6.07) is 15.1. The van der Waals surface area contributed by atoms with Crippen LogP contribution in [0.15, 0.2) is 54.6 Å². The van der Waals surface area contributed by atoms with E-state index in [0.717, 1.165) is 22.6 Å². The van der Waals surface area contributed by atoms with Crippen LogP contribution < -0.4 is 14.8 Å². The van der Waals surface area contributed by atoms with Crippen molar-refractivity contribution in [3.63, 3.8) is 0 Å². The van der Waals surface area contributed by atoms with Crippen LogP contribution in [0.5, 0.6) is 11.5 Å². The van der Waals surface area contributed by atoms with Crippen LogP contribution >= 0.6 is 0 Å². The summed E-state index contributed by atoms with van der Waals surface area (Å²) >= 11 is 0. The number of hydrogen-bond acceptors (Lipinski definition) is 3. The van der Waals surface area contributed by atoms with Crippen molar-refractivity contribution in [3.8, 4) is 11.5 Å². The van der Waals surface area contributed by atoms with E-state index in [1.165, 1.54) is 6.08 Å². The second-order valence-corrected chi connectivity index (χ2v) is 4.64. The topological polar surface area (TPSA) is 47.6 Å². The minimum atomic E-state index is -0.151. The lowest BCUT2D eigenvalue weighted by Crippen LogP contribution is -2.20. The lowest BCUT2D eigenvalue weighted by atomic mass is 10.2. The summed E-state index contributed by atoms with van der Waals surface area (Å²) in [7, 11) is 3.23. The second kappa shape index (κ2) is 7.88. The van der Waals surface area contributed by atoms with Crippen LogP contribution in [0.3, 0.4) is 0 Å². The van der Waals surface area contributed by atoms with E-state index in [9.17, 15) is 4.79 Å². The first-order valence-corrected chi connectivity index (χ1v) is 6.95. The first kappa shape index (κ1) is 15.6. The molecule has 1 amide bonds. The van der Waals surface area contributed by atoms with E-state index >= 15 is 0 Å². The Kier molecular flexibility index (Phi) is 5.60. The maximum Gasteiger partial charge on any atom is 0.244 e. The van der Waals surface area contributed by atoms with Crippen LogP contribution in [-0.2, 0) is 11.3 Å². The molecule has 4 nitrogen and oxygen atoms in total. The monoisotopic (exact) mass is 297 g/mol. The number of amides is 1. The van der Waals surface area contributed by atoms with Gasteiger partial charge in [-0.15, -0.1) is 0 Å². The summed E-state index contributed by atoms with van der Waals surface area (Å²) in [6.45, 7) is 0.471. The van der Waals surface area contributed by atoms with E-state index in [1.54, 1.807) is 20.3 Å². The fourth-order valence-corrected chi connectivity index (χ4v) is 1.96. The standard InChI is InChI=1S/C18H19NO3/c1-21-16-10-7-14(8-11-16)13-19-18(20)12-9-15-5-3-4-6-17(15)22-2/h3-12H,13H2,1-2H3,(H,19,20)/b12-9+. The van der Waals surface area contributed by atoms with E-state index in [-0.39, 0.29) is 5.91 Å². The van der Waals surface area contributed by atoms with Crippen molar-refractivity contribution >= 4 is 12.0 Å². The molecule has 0 unspecified atom stereocenters. The third-order valence-corrected chi connectivity index (χ3v) is 3.18. The lowest BCUT2D eigenvalue weighted by molar-refractivity contribution is -0.116. The Morgan fingerprint density at radius 1 is 1.05 bits per heavy atom. The average molecular weight is 297 g/mol. The van der Waals surface area contributed by atoms with Gasteiger partial charge in [-0.2, -0.15) is 0 Å². The zero-order chi connectivity index (χ0) is 15.8. The maximum absolute atomic E-state index is 11.8. The predicted molar refractivity (Wildman–Crippen MR) is 86.9 cm³/mol. The Balaban J connectivity index is 1.90. The van der Waals surface area contributed by atoms with Gasteiger partial charge in [0.2, 0.25) is 5.91 Å². The molecule has 0 saturated carbocycles. The van der Waals surface area contributed by atoms with Crippen molar-refractivity contribution in [2.24, 2.45) is 0 Å². The number of carbonyl (C=O) groups is 1. The van der Waals surface area contributed by atoms with Crippen molar-refractivity contribution < 1.29 is 14.3 Å². The minimum absolute atomic E-state index is 0.151. The second-order valence-electron chi connectivity index (χ2n) is 4.64. The van der Waals surface area contributed by atoms with E-state index in [1.807, 2.05) is 48.5 Å². The molecule has 2 rings (SSSR count). The van der Waals surface area contributed by atoms with Gasteiger partial charge in [0.05, 0.1) is 14.2 Å². The molecule has 22 heavy (non-hydrogen) atoms. The normalized spacial score (nSPS) is 10.5. The van der Waals surface area contributed by atoms with Gasteiger partial charge in [0.25, 0.3) is 0 Å². The van der Waals surface area contributed by atoms with Gasteiger partial charge >= 0.3 is 0 Å². The zero-order valence-electron chi connectivity index (χ0n) is 12.7. The van der Waals surface area contributed by atoms with Crippen LogP contribution in [-0.4, -0.2) is 20.1 Å². The van der Waals surface area contributed by atoms with Gasteiger partial charge in [-0.1, -0.05) is 30.3 Å². The molecule has 0 heterocycles. The highest BCUT2D eigenvalue weighted by Gasteiger charge is 2.00. The van der Waals surface area contributed by atoms with Gasteiger partial charge in [-0.05, 0) is 29.8 Å². The van der Waals surface area contributed by atoms with Crippen LogP contribution in [0.2, 0.25) is 0 Å². The van der Waals surface area contributed by atoms with Gasteiger partial charge in [0.15, 0.2) is 0 Å². The Labute approximate surface area is 130 Å². The third kappa shape index (κ3) is 4.38. The molecule has 2 aromatic rings. The van der Waals surface area contributed by atoms with Crippen molar-refractivity contribution in [1.82, 2.24) is 5.32 Å². The number of nitrogens with one attached hydrogen (secondary N) is 1. The smallest absolute Gasteiger partial charge is 0.244 e. The first-order chi connectivity index (χ1) is 10.7. The molecule has 0 atom stereocenters. The molecule has 0 aliphatic rings. The Morgan fingerprint density at radius 3 is 2.45 bits per heavy atom. The van der Waals surface area contributed by atoms with Crippen LogP contribution in [0.1, 0.15) is 11.1 Å². The summed E-state index contributed by atoms with van der Waals surface area (Å²) in [5.41, 5.74) is 1.88. The largest absolute Gasteiger partial charge is 0.497 e. The quantitative estimate of drug-likeness (QED) is 0.834. The predicted octanol–water partition coefficient (Wildman–Crippen LogP) is 3.03. The highest BCUT2D eigenvalue weighted by atomic mass is 16.5. The maximum atomic E-state index is 11.8. The molecular weight excluding hydrogens is 278 g/mol. The van der Waals surface area contributed by atoms with Crippen LogP contribution in [0.25, 0.3) is 6.08 Å². The van der Waals surface area contributed by atoms with Gasteiger partial charge in [-0.25, -0.2) is 0 Å². The van der Waals surface area contributed by atoms with E-state index in [2.05, 4.69) is 5.32 Å². The van der Waals surface area contributed by atoms with Gasteiger partial charge in [-0.3, -0.25) is 4.79 Å². The molecule has 0 saturated heterocycles.